The molecule has 6 heteroatoms. The summed E-state index contributed by atoms with van der Waals surface area (Å²) in [5, 5.41) is 11.9. The van der Waals surface area contributed by atoms with E-state index in [0.717, 1.165) is 12.2 Å². The minimum absolute atomic E-state index is 0.152. The monoisotopic (exact) mass is 279 g/mol. The smallest absolute Gasteiger partial charge is 0.341 e. The van der Waals surface area contributed by atoms with Gasteiger partial charge in [0.25, 0.3) is 0 Å². The summed E-state index contributed by atoms with van der Waals surface area (Å²) in [7, 11) is 0. The summed E-state index contributed by atoms with van der Waals surface area (Å²) in [6.07, 6.45) is 2.49. The van der Waals surface area contributed by atoms with Crippen molar-refractivity contribution < 1.29 is 14.6 Å². The van der Waals surface area contributed by atoms with E-state index in [0.29, 0.717) is 17.7 Å². The number of nitrogens with one attached hydrogen (secondary N) is 1. The molecule has 110 valence electrons. The van der Waals surface area contributed by atoms with Gasteiger partial charge in [0.2, 0.25) is 11.8 Å². The van der Waals surface area contributed by atoms with Gasteiger partial charge in [0.15, 0.2) is 6.61 Å². The van der Waals surface area contributed by atoms with Crippen molar-refractivity contribution in [3.8, 4) is 5.88 Å². The number of anilines is 1. The van der Waals surface area contributed by atoms with Crippen molar-refractivity contribution in [3.05, 3.63) is 11.8 Å². The fraction of sp³-hybridized carbons (Fsp3) is 0.643. The molecule has 1 aliphatic rings. The third kappa shape index (κ3) is 4.36. The molecule has 0 atom stereocenters. The minimum atomic E-state index is -1.02. The Morgan fingerprint density at radius 1 is 1.45 bits per heavy atom. The number of rotatable bonds is 6. The zero-order valence-corrected chi connectivity index (χ0v) is 12.1. The van der Waals surface area contributed by atoms with E-state index in [1.54, 1.807) is 6.07 Å². The number of carboxylic acid groups (broad SMARTS) is 1. The molecule has 1 heterocycles. The van der Waals surface area contributed by atoms with E-state index >= 15 is 0 Å². The predicted octanol–water partition coefficient (Wildman–Crippen LogP) is 2.06. The molecular weight excluding hydrogens is 258 g/mol. The molecule has 1 saturated carbocycles. The Kier molecular flexibility index (Phi) is 4.11. The third-order valence-corrected chi connectivity index (χ3v) is 3.06. The van der Waals surface area contributed by atoms with Gasteiger partial charge in [-0.1, -0.05) is 20.8 Å². The molecule has 0 saturated heterocycles. The maximum atomic E-state index is 10.6. The molecule has 2 rings (SSSR count). The van der Waals surface area contributed by atoms with Gasteiger partial charge in [0.05, 0.1) is 5.69 Å². The lowest BCUT2D eigenvalue weighted by atomic mass is 9.92. The van der Waals surface area contributed by atoms with Crippen LogP contribution in [0.25, 0.3) is 0 Å². The molecule has 0 spiro atoms. The van der Waals surface area contributed by atoms with E-state index in [4.69, 9.17) is 9.84 Å². The lowest BCUT2D eigenvalue weighted by molar-refractivity contribution is -0.139. The standard InChI is InChI=1S/C14H21N3O3/c1-14(2,3)10-6-11(20-8-12(18)19)17-13(16-10)15-7-9-4-5-9/h6,9H,4-5,7-8H2,1-3H3,(H,18,19)(H,15,16,17). The fourth-order valence-electron chi connectivity index (χ4n) is 1.66. The summed E-state index contributed by atoms with van der Waals surface area (Å²) >= 11 is 0. The molecule has 0 aliphatic heterocycles. The van der Waals surface area contributed by atoms with Crippen molar-refractivity contribution >= 4 is 11.9 Å². The van der Waals surface area contributed by atoms with Crippen molar-refractivity contribution in [2.24, 2.45) is 5.92 Å². The lowest BCUT2D eigenvalue weighted by Gasteiger charge is -2.19. The minimum Gasteiger partial charge on any atom is -0.479 e. The molecule has 2 N–H and O–H groups in total. The summed E-state index contributed by atoms with van der Waals surface area (Å²) < 4.78 is 5.18. The number of ether oxygens (including phenoxy) is 1. The fourth-order valence-corrected chi connectivity index (χ4v) is 1.66. The topological polar surface area (TPSA) is 84.3 Å². The summed E-state index contributed by atoms with van der Waals surface area (Å²) in [6, 6.07) is 1.70. The van der Waals surface area contributed by atoms with Crippen LogP contribution in [0.1, 0.15) is 39.3 Å². The quantitative estimate of drug-likeness (QED) is 0.829. The Morgan fingerprint density at radius 3 is 2.70 bits per heavy atom. The molecule has 1 fully saturated rings. The first-order valence-electron chi connectivity index (χ1n) is 6.82. The van der Waals surface area contributed by atoms with E-state index in [1.807, 2.05) is 20.8 Å². The summed E-state index contributed by atoms with van der Waals surface area (Å²) in [5.41, 5.74) is 0.673. The van der Waals surface area contributed by atoms with E-state index in [2.05, 4.69) is 15.3 Å². The molecule has 6 nitrogen and oxygen atoms in total. The van der Waals surface area contributed by atoms with Gasteiger partial charge < -0.3 is 15.2 Å². The molecule has 1 aromatic rings. The van der Waals surface area contributed by atoms with E-state index in [9.17, 15) is 4.79 Å². The van der Waals surface area contributed by atoms with Gasteiger partial charge in [-0.25, -0.2) is 9.78 Å². The number of hydrogen-bond donors (Lipinski definition) is 2. The number of carboxylic acids is 1. The highest BCUT2D eigenvalue weighted by atomic mass is 16.5. The highest BCUT2D eigenvalue weighted by molar-refractivity contribution is 5.68. The number of aliphatic carboxylic acids is 1. The Morgan fingerprint density at radius 2 is 2.15 bits per heavy atom. The Labute approximate surface area is 118 Å². The summed E-state index contributed by atoms with van der Waals surface area (Å²) in [6.45, 7) is 6.58. The van der Waals surface area contributed by atoms with Crippen molar-refractivity contribution in [1.82, 2.24) is 9.97 Å². The van der Waals surface area contributed by atoms with E-state index < -0.39 is 12.6 Å². The second-order valence-electron chi connectivity index (χ2n) is 6.17. The highest BCUT2D eigenvalue weighted by Crippen LogP contribution is 2.29. The SMILES string of the molecule is CC(C)(C)c1cc(OCC(=O)O)nc(NCC2CC2)n1. The number of carbonyl (C=O) groups is 1. The van der Waals surface area contributed by atoms with Gasteiger partial charge in [-0.15, -0.1) is 0 Å². The van der Waals surface area contributed by atoms with Crippen LogP contribution in [-0.4, -0.2) is 34.2 Å². The average molecular weight is 279 g/mol. The van der Waals surface area contributed by atoms with Gasteiger partial charge in [-0.3, -0.25) is 0 Å². The first-order valence-corrected chi connectivity index (χ1v) is 6.82. The largest absolute Gasteiger partial charge is 0.479 e. The molecular formula is C14H21N3O3. The molecule has 0 amide bonds. The van der Waals surface area contributed by atoms with Crippen LogP contribution in [-0.2, 0) is 10.2 Å². The lowest BCUT2D eigenvalue weighted by Crippen LogP contribution is -2.18. The second-order valence-corrected chi connectivity index (χ2v) is 6.17. The summed E-state index contributed by atoms with van der Waals surface area (Å²) in [5.74, 6) is 0.490. The molecule has 0 unspecified atom stereocenters. The maximum absolute atomic E-state index is 10.6. The van der Waals surface area contributed by atoms with Crippen LogP contribution in [0.3, 0.4) is 0 Å². The van der Waals surface area contributed by atoms with Gasteiger partial charge >= 0.3 is 5.97 Å². The number of nitrogens with zero attached hydrogens (tertiary/aromatic N) is 2. The number of aromatic nitrogens is 2. The third-order valence-electron chi connectivity index (χ3n) is 3.06. The van der Waals surface area contributed by atoms with Crippen LogP contribution in [0.4, 0.5) is 5.95 Å². The van der Waals surface area contributed by atoms with Gasteiger partial charge in [-0.05, 0) is 18.8 Å². The Bertz CT molecular complexity index is 493. The first-order chi connectivity index (χ1) is 9.34. The van der Waals surface area contributed by atoms with Crippen molar-refractivity contribution in [3.63, 3.8) is 0 Å². The molecule has 20 heavy (non-hydrogen) atoms. The van der Waals surface area contributed by atoms with Gasteiger partial charge in [-0.2, -0.15) is 4.98 Å². The first kappa shape index (κ1) is 14.6. The summed E-state index contributed by atoms with van der Waals surface area (Å²) in [4.78, 5) is 19.3. The van der Waals surface area contributed by atoms with Crippen molar-refractivity contribution in [2.75, 3.05) is 18.5 Å². The van der Waals surface area contributed by atoms with Crippen LogP contribution >= 0.6 is 0 Å². The second kappa shape index (κ2) is 5.64. The molecule has 0 radical (unpaired) electrons. The van der Waals surface area contributed by atoms with Crippen molar-refractivity contribution in [1.29, 1.82) is 0 Å². The average Bonchev–Trinajstić information content (AvgIpc) is 3.16. The molecule has 1 aliphatic carbocycles. The van der Waals surface area contributed by atoms with E-state index in [-0.39, 0.29) is 5.41 Å². The zero-order valence-electron chi connectivity index (χ0n) is 12.1. The van der Waals surface area contributed by atoms with Crippen LogP contribution in [0.5, 0.6) is 5.88 Å². The van der Waals surface area contributed by atoms with Crippen LogP contribution in [0, 0.1) is 5.92 Å². The Hall–Kier alpha value is -1.85. The molecule has 0 bridgehead atoms. The molecule has 1 aromatic heterocycles. The van der Waals surface area contributed by atoms with Gasteiger partial charge in [0.1, 0.15) is 0 Å². The van der Waals surface area contributed by atoms with Gasteiger partial charge in [0, 0.05) is 18.0 Å². The van der Waals surface area contributed by atoms with Crippen LogP contribution in [0.15, 0.2) is 6.07 Å². The van der Waals surface area contributed by atoms with Crippen LogP contribution in [0.2, 0.25) is 0 Å². The highest BCUT2D eigenvalue weighted by Gasteiger charge is 2.22. The zero-order chi connectivity index (χ0) is 14.8. The normalized spacial score (nSPS) is 14.9. The van der Waals surface area contributed by atoms with Crippen molar-refractivity contribution in [2.45, 2.75) is 39.0 Å². The van der Waals surface area contributed by atoms with Crippen LogP contribution < -0.4 is 10.1 Å². The molecule has 0 aromatic carbocycles. The number of hydrogen-bond acceptors (Lipinski definition) is 5. The van der Waals surface area contributed by atoms with E-state index in [1.165, 1.54) is 12.8 Å². The maximum Gasteiger partial charge on any atom is 0.341 e. The Balaban J connectivity index is 2.15. The predicted molar refractivity (Wildman–Crippen MR) is 75.1 cm³/mol.